The minimum absolute atomic E-state index is 0.594. The molecule has 0 bridgehead atoms. The molecule has 0 amide bonds. The van der Waals surface area contributed by atoms with Gasteiger partial charge in [-0.3, -0.25) is 4.98 Å². The van der Waals surface area contributed by atoms with E-state index >= 15 is 0 Å². The lowest BCUT2D eigenvalue weighted by Gasteiger charge is -2.38. The molecule has 0 aliphatic carbocycles. The lowest BCUT2D eigenvalue weighted by Crippen LogP contribution is -2.47. The van der Waals surface area contributed by atoms with Gasteiger partial charge >= 0.3 is 0 Å². The summed E-state index contributed by atoms with van der Waals surface area (Å²) in [5, 5.41) is 3.30. The van der Waals surface area contributed by atoms with Crippen molar-refractivity contribution in [3.8, 4) is 0 Å². The van der Waals surface area contributed by atoms with E-state index in [1.54, 1.807) is 12.5 Å². The standard InChI is InChI=1S/C22H27N7/c1-16-5-3-7-19(17(16)2)28-9-11-29(12-10-28)22-20(23)21(26-15-27-22)25-14-18-6-4-8-24-13-18/h3-8,13,15H,9-12,14,23H2,1-2H3,(H,25,26,27). The molecule has 7 heteroatoms. The molecule has 1 fully saturated rings. The van der Waals surface area contributed by atoms with Crippen molar-refractivity contribution in [2.45, 2.75) is 20.4 Å². The summed E-state index contributed by atoms with van der Waals surface area (Å²) in [5.41, 5.74) is 12.1. The molecule has 3 heterocycles. The number of rotatable bonds is 5. The number of benzene rings is 1. The van der Waals surface area contributed by atoms with Gasteiger partial charge in [-0.25, -0.2) is 9.97 Å². The van der Waals surface area contributed by atoms with Gasteiger partial charge < -0.3 is 20.9 Å². The summed E-state index contributed by atoms with van der Waals surface area (Å²) in [7, 11) is 0. The van der Waals surface area contributed by atoms with E-state index in [2.05, 4.69) is 62.1 Å². The van der Waals surface area contributed by atoms with Gasteiger partial charge in [0.1, 0.15) is 12.0 Å². The zero-order valence-electron chi connectivity index (χ0n) is 17.0. The molecule has 3 aromatic rings. The first kappa shape index (κ1) is 19.0. The van der Waals surface area contributed by atoms with Crippen LogP contribution in [0.15, 0.2) is 49.1 Å². The first-order chi connectivity index (χ1) is 14.1. The molecule has 0 unspecified atom stereocenters. The van der Waals surface area contributed by atoms with Crippen LogP contribution in [-0.4, -0.2) is 41.1 Å². The van der Waals surface area contributed by atoms with Gasteiger partial charge in [0.05, 0.1) is 0 Å². The molecule has 4 rings (SSSR count). The number of anilines is 4. The molecule has 1 aliphatic heterocycles. The highest BCUT2D eigenvalue weighted by Crippen LogP contribution is 2.29. The van der Waals surface area contributed by atoms with Gasteiger partial charge in [-0.2, -0.15) is 0 Å². The maximum atomic E-state index is 6.41. The van der Waals surface area contributed by atoms with Crippen LogP contribution in [0.25, 0.3) is 0 Å². The molecule has 0 radical (unpaired) electrons. The highest BCUT2D eigenvalue weighted by atomic mass is 15.3. The number of hydrogen-bond acceptors (Lipinski definition) is 7. The van der Waals surface area contributed by atoms with Gasteiger partial charge in [0, 0.05) is 50.8 Å². The smallest absolute Gasteiger partial charge is 0.157 e. The second-order valence-electron chi connectivity index (χ2n) is 7.37. The topological polar surface area (TPSA) is 83.2 Å². The lowest BCUT2D eigenvalue weighted by molar-refractivity contribution is 0.646. The SMILES string of the molecule is Cc1cccc(N2CCN(c3ncnc(NCc4cccnc4)c3N)CC2)c1C. The fourth-order valence-corrected chi connectivity index (χ4v) is 3.70. The van der Waals surface area contributed by atoms with Gasteiger partial charge in [0.2, 0.25) is 0 Å². The van der Waals surface area contributed by atoms with E-state index < -0.39 is 0 Å². The Kier molecular flexibility index (Phi) is 5.46. The lowest BCUT2D eigenvalue weighted by atomic mass is 10.1. The van der Waals surface area contributed by atoms with E-state index in [9.17, 15) is 0 Å². The second kappa shape index (κ2) is 8.34. The summed E-state index contributed by atoms with van der Waals surface area (Å²) in [6.07, 6.45) is 5.17. The number of nitrogens with one attached hydrogen (secondary N) is 1. The number of pyridine rings is 1. The first-order valence-electron chi connectivity index (χ1n) is 9.93. The molecule has 29 heavy (non-hydrogen) atoms. The van der Waals surface area contributed by atoms with Crippen molar-refractivity contribution in [2.24, 2.45) is 0 Å². The maximum Gasteiger partial charge on any atom is 0.157 e. The third-order valence-electron chi connectivity index (χ3n) is 5.54. The molecule has 0 atom stereocenters. The molecule has 3 N–H and O–H groups in total. The summed E-state index contributed by atoms with van der Waals surface area (Å²) < 4.78 is 0. The third kappa shape index (κ3) is 4.08. The van der Waals surface area contributed by atoms with E-state index in [4.69, 9.17) is 5.73 Å². The Labute approximate surface area is 171 Å². The van der Waals surface area contributed by atoms with Crippen LogP contribution in [0.2, 0.25) is 0 Å². The quantitative estimate of drug-likeness (QED) is 0.694. The molecule has 0 saturated carbocycles. The number of nitrogens with two attached hydrogens (primary N) is 1. The Bertz CT molecular complexity index is 966. The van der Waals surface area contributed by atoms with Crippen molar-refractivity contribution in [3.05, 3.63) is 65.7 Å². The maximum absolute atomic E-state index is 6.41. The number of nitrogen functional groups attached to an aromatic ring is 1. The van der Waals surface area contributed by atoms with Crippen LogP contribution in [0.5, 0.6) is 0 Å². The van der Waals surface area contributed by atoms with Crippen LogP contribution in [0, 0.1) is 13.8 Å². The molecular weight excluding hydrogens is 362 g/mol. The third-order valence-corrected chi connectivity index (χ3v) is 5.54. The van der Waals surface area contributed by atoms with Gasteiger partial charge in [0.15, 0.2) is 11.6 Å². The van der Waals surface area contributed by atoms with Gasteiger partial charge in [-0.05, 0) is 42.7 Å². The molecule has 1 saturated heterocycles. The van der Waals surface area contributed by atoms with Crippen molar-refractivity contribution >= 4 is 23.0 Å². The van der Waals surface area contributed by atoms with Crippen LogP contribution in [0.1, 0.15) is 16.7 Å². The fraction of sp³-hybridized carbons (Fsp3) is 0.318. The van der Waals surface area contributed by atoms with E-state index in [1.807, 2.05) is 18.3 Å². The van der Waals surface area contributed by atoms with Crippen LogP contribution in [-0.2, 0) is 6.54 Å². The van der Waals surface area contributed by atoms with E-state index in [0.717, 1.165) is 37.6 Å². The van der Waals surface area contributed by atoms with Gasteiger partial charge in [-0.15, -0.1) is 0 Å². The average Bonchev–Trinajstić information content (AvgIpc) is 2.76. The van der Waals surface area contributed by atoms with E-state index in [1.165, 1.54) is 16.8 Å². The molecule has 2 aromatic heterocycles. The number of nitrogens with zero attached hydrogens (tertiary/aromatic N) is 5. The second-order valence-corrected chi connectivity index (χ2v) is 7.37. The van der Waals surface area contributed by atoms with E-state index in [0.29, 0.717) is 18.1 Å². The highest BCUT2D eigenvalue weighted by molar-refractivity contribution is 5.75. The number of aromatic nitrogens is 3. The summed E-state index contributed by atoms with van der Waals surface area (Å²) in [5.74, 6) is 1.46. The number of piperazine rings is 1. The van der Waals surface area contributed by atoms with Crippen LogP contribution in [0.3, 0.4) is 0 Å². The van der Waals surface area contributed by atoms with Crippen molar-refractivity contribution in [3.63, 3.8) is 0 Å². The van der Waals surface area contributed by atoms with Crippen molar-refractivity contribution in [1.29, 1.82) is 0 Å². The Morgan fingerprint density at radius 2 is 1.79 bits per heavy atom. The van der Waals surface area contributed by atoms with E-state index in [-0.39, 0.29) is 0 Å². The first-order valence-corrected chi connectivity index (χ1v) is 9.93. The largest absolute Gasteiger partial charge is 0.393 e. The van der Waals surface area contributed by atoms with Crippen molar-refractivity contribution < 1.29 is 0 Å². The normalized spacial score (nSPS) is 14.1. The summed E-state index contributed by atoms with van der Waals surface area (Å²) in [6.45, 7) is 8.59. The summed E-state index contributed by atoms with van der Waals surface area (Å²) in [4.78, 5) is 17.6. The predicted molar refractivity (Wildman–Crippen MR) is 118 cm³/mol. The molecule has 1 aliphatic rings. The zero-order valence-corrected chi connectivity index (χ0v) is 17.0. The van der Waals surface area contributed by atoms with Crippen LogP contribution < -0.4 is 20.9 Å². The average molecular weight is 390 g/mol. The minimum Gasteiger partial charge on any atom is -0.393 e. The van der Waals surface area contributed by atoms with Crippen molar-refractivity contribution in [1.82, 2.24) is 15.0 Å². The summed E-state index contributed by atoms with van der Waals surface area (Å²) >= 11 is 0. The Morgan fingerprint density at radius 3 is 2.55 bits per heavy atom. The van der Waals surface area contributed by atoms with Crippen molar-refractivity contribution in [2.75, 3.05) is 47.0 Å². The van der Waals surface area contributed by atoms with Crippen LogP contribution in [0.4, 0.5) is 23.0 Å². The molecule has 7 nitrogen and oxygen atoms in total. The number of aryl methyl sites for hydroxylation is 1. The Balaban J connectivity index is 1.44. The monoisotopic (exact) mass is 389 g/mol. The minimum atomic E-state index is 0.594. The highest BCUT2D eigenvalue weighted by Gasteiger charge is 2.22. The number of hydrogen-bond donors (Lipinski definition) is 2. The molecule has 1 aromatic carbocycles. The summed E-state index contributed by atoms with van der Waals surface area (Å²) in [6, 6.07) is 10.4. The fourth-order valence-electron chi connectivity index (χ4n) is 3.70. The predicted octanol–water partition coefficient (Wildman–Crippen LogP) is 3.01. The molecular formula is C22H27N7. The van der Waals surface area contributed by atoms with Gasteiger partial charge in [0.25, 0.3) is 0 Å². The Morgan fingerprint density at radius 1 is 1.00 bits per heavy atom. The van der Waals surface area contributed by atoms with Gasteiger partial charge in [-0.1, -0.05) is 18.2 Å². The van der Waals surface area contributed by atoms with Crippen LogP contribution >= 0.6 is 0 Å². The molecule has 150 valence electrons. The zero-order chi connectivity index (χ0) is 20.2. The molecule has 0 spiro atoms. The Hall–Kier alpha value is -3.35.